The molecule has 0 aromatic heterocycles. The standard InChI is InChI=1S/C16H28N2O3/c1-17-16(14-6-5-7-15(12-14)21-4)13-18(8-10-19-2)9-11-20-3/h5-7,12,16-17H,8-11,13H2,1-4H3. The molecule has 120 valence electrons. The van der Waals surface area contributed by atoms with Crippen LogP contribution in [0.1, 0.15) is 11.6 Å². The molecule has 1 atom stereocenters. The second-order valence-corrected chi connectivity index (χ2v) is 4.90. The summed E-state index contributed by atoms with van der Waals surface area (Å²) in [6.45, 7) is 4.12. The van der Waals surface area contributed by atoms with Crippen molar-refractivity contribution in [1.29, 1.82) is 0 Å². The first-order chi connectivity index (χ1) is 10.2. The van der Waals surface area contributed by atoms with Crippen LogP contribution in [0.25, 0.3) is 0 Å². The van der Waals surface area contributed by atoms with Crippen LogP contribution >= 0.6 is 0 Å². The Kier molecular flexibility index (Phi) is 9.01. The van der Waals surface area contributed by atoms with Crippen molar-refractivity contribution in [3.63, 3.8) is 0 Å². The van der Waals surface area contributed by atoms with E-state index in [0.29, 0.717) is 0 Å². The number of rotatable bonds is 11. The molecule has 0 saturated carbocycles. The maximum absolute atomic E-state index is 5.30. The highest BCUT2D eigenvalue weighted by Crippen LogP contribution is 2.19. The van der Waals surface area contributed by atoms with Gasteiger partial charge in [-0.3, -0.25) is 4.90 Å². The average Bonchev–Trinajstić information content (AvgIpc) is 2.54. The fourth-order valence-corrected chi connectivity index (χ4v) is 2.21. The normalized spacial score (nSPS) is 12.6. The van der Waals surface area contributed by atoms with Crippen LogP contribution in [0.2, 0.25) is 0 Å². The van der Waals surface area contributed by atoms with E-state index in [-0.39, 0.29) is 6.04 Å². The molecule has 0 aliphatic carbocycles. The maximum atomic E-state index is 5.30. The van der Waals surface area contributed by atoms with Crippen LogP contribution in [-0.2, 0) is 9.47 Å². The zero-order valence-electron chi connectivity index (χ0n) is 13.6. The van der Waals surface area contributed by atoms with E-state index in [1.807, 2.05) is 19.2 Å². The van der Waals surface area contributed by atoms with Crippen LogP contribution in [0.15, 0.2) is 24.3 Å². The van der Waals surface area contributed by atoms with Crippen molar-refractivity contribution < 1.29 is 14.2 Å². The molecule has 0 saturated heterocycles. The molecule has 5 nitrogen and oxygen atoms in total. The Hall–Kier alpha value is -1.14. The minimum Gasteiger partial charge on any atom is -0.497 e. The van der Waals surface area contributed by atoms with Gasteiger partial charge >= 0.3 is 0 Å². The average molecular weight is 296 g/mol. The van der Waals surface area contributed by atoms with E-state index in [1.54, 1.807) is 21.3 Å². The summed E-state index contributed by atoms with van der Waals surface area (Å²) in [5, 5.41) is 3.37. The minimum absolute atomic E-state index is 0.244. The number of ether oxygens (including phenoxy) is 3. The van der Waals surface area contributed by atoms with Crippen molar-refractivity contribution in [2.75, 3.05) is 61.2 Å². The molecular weight excluding hydrogens is 268 g/mol. The van der Waals surface area contributed by atoms with Crippen LogP contribution in [0, 0.1) is 0 Å². The quantitative estimate of drug-likeness (QED) is 0.671. The first-order valence-electron chi connectivity index (χ1n) is 7.26. The van der Waals surface area contributed by atoms with Gasteiger partial charge in [-0.25, -0.2) is 0 Å². The van der Waals surface area contributed by atoms with Gasteiger partial charge in [-0.15, -0.1) is 0 Å². The molecule has 0 bridgehead atoms. The van der Waals surface area contributed by atoms with Crippen molar-refractivity contribution in [2.45, 2.75) is 6.04 Å². The fourth-order valence-electron chi connectivity index (χ4n) is 2.21. The minimum atomic E-state index is 0.244. The zero-order valence-corrected chi connectivity index (χ0v) is 13.6. The highest BCUT2D eigenvalue weighted by molar-refractivity contribution is 5.30. The Labute approximate surface area is 128 Å². The van der Waals surface area contributed by atoms with Gasteiger partial charge in [0.2, 0.25) is 0 Å². The van der Waals surface area contributed by atoms with E-state index in [0.717, 1.165) is 38.6 Å². The molecule has 21 heavy (non-hydrogen) atoms. The number of hydrogen-bond acceptors (Lipinski definition) is 5. The number of benzene rings is 1. The molecule has 1 aromatic carbocycles. The van der Waals surface area contributed by atoms with Crippen molar-refractivity contribution in [3.8, 4) is 5.75 Å². The van der Waals surface area contributed by atoms with E-state index in [9.17, 15) is 0 Å². The molecule has 1 aromatic rings. The third-order valence-electron chi connectivity index (χ3n) is 3.51. The summed E-state index contributed by atoms with van der Waals surface area (Å²) in [6.07, 6.45) is 0. The molecule has 0 heterocycles. The lowest BCUT2D eigenvalue weighted by Crippen LogP contribution is -2.37. The van der Waals surface area contributed by atoms with Crippen molar-refractivity contribution in [1.82, 2.24) is 10.2 Å². The highest BCUT2D eigenvalue weighted by Gasteiger charge is 2.15. The topological polar surface area (TPSA) is 43.0 Å². The van der Waals surface area contributed by atoms with Gasteiger partial charge in [-0.2, -0.15) is 0 Å². The van der Waals surface area contributed by atoms with E-state index >= 15 is 0 Å². The summed E-state index contributed by atoms with van der Waals surface area (Å²) in [5.74, 6) is 0.882. The van der Waals surface area contributed by atoms with E-state index < -0.39 is 0 Å². The van der Waals surface area contributed by atoms with Crippen LogP contribution in [0.3, 0.4) is 0 Å². The molecule has 1 unspecified atom stereocenters. The van der Waals surface area contributed by atoms with Gasteiger partial charge in [0.25, 0.3) is 0 Å². The molecule has 0 aliphatic rings. The van der Waals surface area contributed by atoms with Crippen molar-refractivity contribution in [3.05, 3.63) is 29.8 Å². The molecule has 1 N–H and O–H groups in total. The van der Waals surface area contributed by atoms with Crippen LogP contribution in [-0.4, -0.2) is 66.1 Å². The van der Waals surface area contributed by atoms with Crippen molar-refractivity contribution >= 4 is 0 Å². The summed E-state index contributed by atoms with van der Waals surface area (Å²) in [4.78, 5) is 2.34. The van der Waals surface area contributed by atoms with E-state index in [4.69, 9.17) is 14.2 Å². The summed E-state index contributed by atoms with van der Waals surface area (Å²) >= 11 is 0. The number of nitrogens with zero attached hydrogens (tertiary/aromatic N) is 1. The number of nitrogens with one attached hydrogen (secondary N) is 1. The molecule has 0 spiro atoms. The van der Waals surface area contributed by atoms with Gasteiger partial charge < -0.3 is 19.5 Å². The lowest BCUT2D eigenvalue weighted by atomic mass is 10.1. The third-order valence-corrected chi connectivity index (χ3v) is 3.51. The summed E-state index contributed by atoms with van der Waals surface area (Å²) in [6, 6.07) is 8.42. The fraction of sp³-hybridized carbons (Fsp3) is 0.625. The lowest BCUT2D eigenvalue weighted by Gasteiger charge is -2.27. The first kappa shape index (κ1) is 17.9. The van der Waals surface area contributed by atoms with Crippen LogP contribution in [0.5, 0.6) is 5.75 Å². The maximum Gasteiger partial charge on any atom is 0.119 e. The number of methoxy groups -OCH3 is 3. The predicted molar refractivity (Wildman–Crippen MR) is 85.0 cm³/mol. The number of hydrogen-bond donors (Lipinski definition) is 1. The van der Waals surface area contributed by atoms with Gasteiger partial charge in [0.15, 0.2) is 0 Å². The Morgan fingerprint density at radius 3 is 2.29 bits per heavy atom. The SMILES string of the molecule is CNC(CN(CCOC)CCOC)c1cccc(OC)c1. The molecule has 0 amide bonds. The lowest BCUT2D eigenvalue weighted by molar-refractivity contribution is 0.108. The molecule has 0 fully saturated rings. The third kappa shape index (κ3) is 6.44. The van der Waals surface area contributed by atoms with Crippen LogP contribution in [0.4, 0.5) is 0 Å². The predicted octanol–water partition coefficient (Wildman–Crippen LogP) is 1.55. The summed E-state index contributed by atoms with van der Waals surface area (Å²) in [5.41, 5.74) is 1.22. The Morgan fingerprint density at radius 2 is 1.76 bits per heavy atom. The Balaban J connectivity index is 2.70. The van der Waals surface area contributed by atoms with Gasteiger partial charge in [-0.1, -0.05) is 12.1 Å². The zero-order chi connectivity index (χ0) is 15.5. The smallest absolute Gasteiger partial charge is 0.119 e. The second-order valence-electron chi connectivity index (χ2n) is 4.90. The Bertz CT molecular complexity index is 380. The largest absolute Gasteiger partial charge is 0.497 e. The summed E-state index contributed by atoms with van der Waals surface area (Å²) in [7, 11) is 7.13. The number of likely N-dealkylation sites (N-methyl/N-ethyl adjacent to an activating group) is 1. The Morgan fingerprint density at radius 1 is 1.10 bits per heavy atom. The first-order valence-corrected chi connectivity index (χ1v) is 7.26. The molecule has 1 rings (SSSR count). The van der Waals surface area contributed by atoms with Crippen LogP contribution < -0.4 is 10.1 Å². The summed E-state index contributed by atoms with van der Waals surface area (Å²) < 4.78 is 15.7. The second kappa shape index (κ2) is 10.6. The monoisotopic (exact) mass is 296 g/mol. The van der Waals surface area contributed by atoms with Gasteiger partial charge in [0, 0.05) is 39.9 Å². The molecular formula is C16H28N2O3. The van der Waals surface area contributed by atoms with Gasteiger partial charge in [0.05, 0.1) is 20.3 Å². The van der Waals surface area contributed by atoms with Crippen molar-refractivity contribution in [2.24, 2.45) is 0 Å². The molecule has 0 aliphatic heterocycles. The highest BCUT2D eigenvalue weighted by atomic mass is 16.5. The van der Waals surface area contributed by atoms with E-state index in [2.05, 4.69) is 22.3 Å². The van der Waals surface area contributed by atoms with Gasteiger partial charge in [-0.05, 0) is 24.7 Å². The molecule has 5 heteroatoms. The molecule has 0 radical (unpaired) electrons. The van der Waals surface area contributed by atoms with Gasteiger partial charge in [0.1, 0.15) is 5.75 Å². The van der Waals surface area contributed by atoms with E-state index in [1.165, 1.54) is 5.56 Å².